The molecule has 1 fully saturated rings. The number of rotatable bonds is 6. The molecule has 0 radical (unpaired) electrons. The van der Waals surface area contributed by atoms with E-state index < -0.39 is 0 Å². The van der Waals surface area contributed by atoms with Gasteiger partial charge >= 0.3 is 0 Å². The fourth-order valence-corrected chi connectivity index (χ4v) is 4.33. The molecule has 29 heavy (non-hydrogen) atoms. The monoisotopic (exact) mass is 408 g/mol. The molecule has 1 aromatic carbocycles. The van der Waals surface area contributed by atoms with Crippen molar-refractivity contribution in [3.8, 4) is 5.69 Å². The summed E-state index contributed by atoms with van der Waals surface area (Å²) in [4.78, 5) is 27.7. The van der Waals surface area contributed by atoms with Gasteiger partial charge in [-0.25, -0.2) is 4.68 Å². The van der Waals surface area contributed by atoms with Crippen LogP contribution in [0, 0.1) is 5.92 Å². The second kappa shape index (κ2) is 9.05. The van der Waals surface area contributed by atoms with Gasteiger partial charge in [0.25, 0.3) is 5.91 Å². The minimum Gasteiger partial charge on any atom is -0.355 e. The van der Waals surface area contributed by atoms with Gasteiger partial charge in [0.15, 0.2) is 0 Å². The summed E-state index contributed by atoms with van der Waals surface area (Å²) >= 11 is 1.45. The number of carbonyl (C=O) groups is 2. The van der Waals surface area contributed by atoms with Crippen LogP contribution in [0.2, 0.25) is 0 Å². The number of hydrogen-bond acceptors (Lipinski definition) is 4. The van der Waals surface area contributed by atoms with Gasteiger partial charge < -0.3 is 10.2 Å². The van der Waals surface area contributed by atoms with E-state index in [9.17, 15) is 9.59 Å². The number of likely N-dealkylation sites (tertiary alicyclic amines) is 1. The Morgan fingerprint density at radius 1 is 1.17 bits per heavy atom. The summed E-state index contributed by atoms with van der Waals surface area (Å²) in [6.45, 7) is 1.82. The number of thiophene rings is 1. The highest BCUT2D eigenvalue weighted by Crippen LogP contribution is 2.20. The Labute approximate surface area is 174 Å². The highest BCUT2D eigenvalue weighted by Gasteiger charge is 2.29. The zero-order valence-electron chi connectivity index (χ0n) is 16.2. The van der Waals surface area contributed by atoms with E-state index in [0.717, 1.165) is 36.4 Å². The second-order valence-electron chi connectivity index (χ2n) is 7.23. The summed E-state index contributed by atoms with van der Waals surface area (Å²) in [6, 6.07) is 13.8. The molecular formula is C22H24N4O2S. The minimum atomic E-state index is -0.130. The van der Waals surface area contributed by atoms with Gasteiger partial charge in [0.05, 0.1) is 16.5 Å². The number of amides is 2. The number of aromatic nitrogens is 2. The van der Waals surface area contributed by atoms with Gasteiger partial charge in [-0.1, -0.05) is 18.2 Å². The smallest absolute Gasteiger partial charge is 0.263 e. The molecule has 1 saturated heterocycles. The van der Waals surface area contributed by atoms with Crippen LogP contribution >= 0.6 is 11.3 Å². The molecule has 150 valence electrons. The van der Waals surface area contributed by atoms with Crippen molar-refractivity contribution in [2.45, 2.75) is 19.3 Å². The van der Waals surface area contributed by atoms with Crippen LogP contribution in [-0.2, 0) is 11.2 Å². The molecule has 6 nitrogen and oxygen atoms in total. The lowest BCUT2D eigenvalue weighted by Crippen LogP contribution is -2.45. The van der Waals surface area contributed by atoms with Crippen LogP contribution in [0.15, 0.2) is 60.2 Å². The van der Waals surface area contributed by atoms with Gasteiger partial charge in [-0.2, -0.15) is 5.10 Å². The Bertz CT molecular complexity index is 936. The molecule has 3 aromatic rings. The Morgan fingerprint density at radius 3 is 2.76 bits per heavy atom. The van der Waals surface area contributed by atoms with E-state index >= 15 is 0 Å². The average molecular weight is 409 g/mol. The summed E-state index contributed by atoms with van der Waals surface area (Å²) in [5, 5.41) is 9.17. The number of hydrogen-bond donors (Lipinski definition) is 1. The van der Waals surface area contributed by atoms with Gasteiger partial charge in [-0.05, 0) is 54.5 Å². The van der Waals surface area contributed by atoms with Crippen molar-refractivity contribution in [2.75, 3.05) is 19.6 Å². The molecule has 1 unspecified atom stereocenters. The summed E-state index contributed by atoms with van der Waals surface area (Å²) in [5.74, 6) is -0.0496. The van der Waals surface area contributed by atoms with Crippen molar-refractivity contribution < 1.29 is 9.59 Å². The number of benzene rings is 1. The molecule has 2 aromatic heterocycles. The van der Waals surface area contributed by atoms with Crippen LogP contribution in [0.5, 0.6) is 0 Å². The van der Waals surface area contributed by atoms with Gasteiger partial charge in [-0.15, -0.1) is 11.3 Å². The molecular weight excluding hydrogens is 384 g/mol. The lowest BCUT2D eigenvalue weighted by Gasteiger charge is -2.31. The van der Waals surface area contributed by atoms with E-state index in [1.54, 1.807) is 6.20 Å². The third kappa shape index (κ3) is 4.74. The van der Waals surface area contributed by atoms with Crippen LogP contribution in [0.3, 0.4) is 0 Å². The largest absolute Gasteiger partial charge is 0.355 e. The van der Waals surface area contributed by atoms with Crippen LogP contribution in [0.25, 0.3) is 5.69 Å². The van der Waals surface area contributed by atoms with E-state index in [1.807, 2.05) is 51.5 Å². The van der Waals surface area contributed by atoms with E-state index in [-0.39, 0.29) is 17.7 Å². The molecule has 1 atom stereocenters. The first-order valence-corrected chi connectivity index (χ1v) is 10.8. The van der Waals surface area contributed by atoms with Gasteiger partial charge in [0.2, 0.25) is 5.91 Å². The molecule has 3 heterocycles. The summed E-state index contributed by atoms with van der Waals surface area (Å²) in [7, 11) is 0. The number of nitrogens with zero attached hydrogens (tertiary/aromatic N) is 3. The molecule has 1 N–H and O–H groups in total. The highest BCUT2D eigenvalue weighted by molar-refractivity contribution is 7.12. The van der Waals surface area contributed by atoms with E-state index in [4.69, 9.17) is 0 Å². The summed E-state index contributed by atoms with van der Waals surface area (Å²) < 4.78 is 1.82. The molecule has 2 amide bonds. The third-order valence-corrected chi connectivity index (χ3v) is 6.09. The van der Waals surface area contributed by atoms with Crippen molar-refractivity contribution in [2.24, 2.45) is 5.92 Å². The van der Waals surface area contributed by atoms with Gasteiger partial charge in [0.1, 0.15) is 0 Å². The number of carbonyl (C=O) groups excluding carboxylic acids is 2. The summed E-state index contributed by atoms with van der Waals surface area (Å²) in [6.07, 6.45) is 6.13. The lowest BCUT2D eigenvalue weighted by atomic mass is 9.97. The maximum absolute atomic E-state index is 12.6. The Balaban J connectivity index is 1.25. The first-order valence-electron chi connectivity index (χ1n) is 9.90. The van der Waals surface area contributed by atoms with E-state index in [0.29, 0.717) is 13.1 Å². The molecule has 0 saturated carbocycles. The fraction of sp³-hybridized carbons (Fsp3) is 0.318. The molecule has 0 spiro atoms. The van der Waals surface area contributed by atoms with E-state index in [1.165, 1.54) is 16.9 Å². The van der Waals surface area contributed by atoms with Crippen molar-refractivity contribution in [3.05, 3.63) is 70.7 Å². The van der Waals surface area contributed by atoms with Crippen LogP contribution in [0.1, 0.15) is 28.1 Å². The van der Waals surface area contributed by atoms with Gasteiger partial charge in [-0.3, -0.25) is 9.59 Å². The average Bonchev–Trinajstić information content (AvgIpc) is 3.48. The lowest BCUT2D eigenvalue weighted by molar-refractivity contribution is -0.126. The molecule has 1 aliphatic rings. The van der Waals surface area contributed by atoms with Crippen molar-refractivity contribution >= 4 is 23.2 Å². The van der Waals surface area contributed by atoms with Crippen molar-refractivity contribution in [3.63, 3.8) is 0 Å². The zero-order valence-corrected chi connectivity index (χ0v) is 17.0. The van der Waals surface area contributed by atoms with Crippen molar-refractivity contribution in [1.82, 2.24) is 20.0 Å². The second-order valence-corrected chi connectivity index (χ2v) is 8.17. The fourth-order valence-electron chi connectivity index (χ4n) is 3.64. The standard InChI is InChI=1S/C22H24N4O2S/c27-21(18-4-1-13-25(16-18)22(28)20-5-2-15-29-20)23-12-10-17-6-8-19(9-7-17)26-14-3-11-24-26/h2-3,5-9,11,14-15,18H,1,4,10,12-13,16H2,(H,23,27). The minimum absolute atomic E-state index is 0.0368. The number of piperidine rings is 1. The van der Waals surface area contributed by atoms with Crippen LogP contribution < -0.4 is 5.32 Å². The molecule has 1 aliphatic heterocycles. The first-order chi connectivity index (χ1) is 14.2. The first kappa shape index (κ1) is 19.4. The summed E-state index contributed by atoms with van der Waals surface area (Å²) in [5.41, 5.74) is 2.18. The topological polar surface area (TPSA) is 67.2 Å². The predicted octanol–water partition coefficient (Wildman–Crippen LogP) is 3.14. The predicted molar refractivity (Wildman–Crippen MR) is 113 cm³/mol. The molecule has 0 bridgehead atoms. The SMILES string of the molecule is O=C(NCCc1ccc(-n2cccn2)cc1)C1CCCN(C(=O)c2cccs2)C1. The normalized spacial score (nSPS) is 16.6. The van der Waals surface area contributed by atoms with Crippen molar-refractivity contribution in [1.29, 1.82) is 0 Å². The van der Waals surface area contributed by atoms with E-state index in [2.05, 4.69) is 22.5 Å². The number of nitrogens with one attached hydrogen (secondary N) is 1. The maximum Gasteiger partial charge on any atom is 0.263 e. The molecule has 0 aliphatic carbocycles. The van der Waals surface area contributed by atoms with Crippen LogP contribution in [-0.4, -0.2) is 46.1 Å². The van der Waals surface area contributed by atoms with Crippen LogP contribution in [0.4, 0.5) is 0 Å². The Hall–Kier alpha value is -2.93. The third-order valence-electron chi connectivity index (χ3n) is 5.23. The highest BCUT2D eigenvalue weighted by atomic mass is 32.1. The van der Waals surface area contributed by atoms with Gasteiger partial charge in [0, 0.05) is 32.0 Å². The zero-order chi connectivity index (χ0) is 20.1. The Kier molecular flexibility index (Phi) is 6.05. The maximum atomic E-state index is 12.6. The quantitative estimate of drug-likeness (QED) is 0.681. The Morgan fingerprint density at radius 2 is 2.03 bits per heavy atom. The molecule has 7 heteroatoms. The molecule has 4 rings (SSSR count).